The van der Waals surface area contributed by atoms with Gasteiger partial charge in [0.05, 0.1) is 25.0 Å². The Bertz CT molecular complexity index is 940. The van der Waals surface area contributed by atoms with Crippen molar-refractivity contribution < 1.29 is 27.5 Å². The van der Waals surface area contributed by atoms with Crippen molar-refractivity contribution in [3.8, 4) is 0 Å². The summed E-state index contributed by atoms with van der Waals surface area (Å²) in [7, 11) is -3.50. The van der Waals surface area contributed by atoms with Crippen molar-refractivity contribution in [2.45, 2.75) is 45.7 Å². The van der Waals surface area contributed by atoms with E-state index in [9.17, 15) is 22.8 Å². The molecule has 0 aliphatic carbocycles. The molecule has 0 spiro atoms. The topological polar surface area (TPSA) is 113 Å². The number of anilines is 1. The number of esters is 1. The standard InChI is InChI=1S/C18H25N3O6S2/c1-4-27-18(24)15-12-7-9-20(11(2)22)10-14(12)28-17(15)19-16(23)13-6-5-8-21(13)29(3,25)26/h13H,4-10H2,1-3H3,(H,19,23). The minimum absolute atomic E-state index is 0.0536. The Labute approximate surface area is 174 Å². The molecule has 2 aliphatic rings. The highest BCUT2D eigenvalue weighted by atomic mass is 32.2. The number of rotatable bonds is 5. The maximum Gasteiger partial charge on any atom is 0.341 e. The molecule has 1 N–H and O–H groups in total. The zero-order valence-electron chi connectivity index (χ0n) is 16.7. The van der Waals surface area contributed by atoms with Crippen molar-refractivity contribution in [2.24, 2.45) is 0 Å². The fourth-order valence-electron chi connectivity index (χ4n) is 3.77. The maximum absolute atomic E-state index is 12.9. The van der Waals surface area contributed by atoms with Gasteiger partial charge in [0.25, 0.3) is 0 Å². The van der Waals surface area contributed by atoms with Gasteiger partial charge in [-0.2, -0.15) is 4.31 Å². The molecule has 0 saturated carbocycles. The van der Waals surface area contributed by atoms with Crippen molar-refractivity contribution in [1.82, 2.24) is 9.21 Å². The number of thiophene rings is 1. The smallest absolute Gasteiger partial charge is 0.341 e. The first kappa shape index (κ1) is 21.7. The second-order valence-electron chi connectivity index (χ2n) is 7.14. The van der Waals surface area contributed by atoms with Crippen LogP contribution in [-0.4, -0.2) is 67.4 Å². The predicted molar refractivity (Wildman–Crippen MR) is 108 cm³/mol. The Balaban J connectivity index is 1.91. The highest BCUT2D eigenvalue weighted by Gasteiger charge is 2.38. The Kier molecular flexibility index (Phi) is 6.30. The summed E-state index contributed by atoms with van der Waals surface area (Å²) in [4.78, 5) is 39.7. The van der Waals surface area contributed by atoms with Gasteiger partial charge < -0.3 is 15.0 Å². The summed E-state index contributed by atoms with van der Waals surface area (Å²) in [5, 5.41) is 3.12. The van der Waals surface area contributed by atoms with Gasteiger partial charge in [0, 0.05) is 24.9 Å². The monoisotopic (exact) mass is 443 g/mol. The maximum atomic E-state index is 12.9. The fourth-order valence-corrected chi connectivity index (χ4v) is 6.15. The second-order valence-corrected chi connectivity index (χ2v) is 10.2. The van der Waals surface area contributed by atoms with Crippen molar-refractivity contribution in [1.29, 1.82) is 0 Å². The molecule has 1 fully saturated rings. The molecule has 160 valence electrons. The SMILES string of the molecule is CCOC(=O)c1c(NC(=O)C2CCCN2S(C)(=O)=O)sc2c1CCN(C(C)=O)C2. The Morgan fingerprint density at radius 2 is 2.00 bits per heavy atom. The highest BCUT2D eigenvalue weighted by molar-refractivity contribution is 7.88. The van der Waals surface area contributed by atoms with E-state index in [4.69, 9.17) is 4.74 Å². The Hall–Kier alpha value is -1.98. The van der Waals surface area contributed by atoms with Crippen LogP contribution in [-0.2, 0) is 37.3 Å². The van der Waals surface area contributed by atoms with Crippen molar-refractivity contribution in [3.05, 3.63) is 16.0 Å². The van der Waals surface area contributed by atoms with Crippen LogP contribution in [0.15, 0.2) is 0 Å². The van der Waals surface area contributed by atoms with Crippen molar-refractivity contribution in [3.63, 3.8) is 0 Å². The number of nitrogens with one attached hydrogen (secondary N) is 1. The van der Waals surface area contributed by atoms with Gasteiger partial charge in [0.1, 0.15) is 11.0 Å². The number of carbonyl (C=O) groups is 3. The van der Waals surface area contributed by atoms with Crippen LogP contribution in [0.25, 0.3) is 0 Å². The molecule has 0 radical (unpaired) electrons. The van der Waals surface area contributed by atoms with Crippen LogP contribution in [0.5, 0.6) is 0 Å². The van der Waals surface area contributed by atoms with E-state index in [1.165, 1.54) is 22.6 Å². The third kappa shape index (κ3) is 4.46. The molecular formula is C18H25N3O6S2. The highest BCUT2D eigenvalue weighted by Crippen LogP contribution is 2.38. The number of nitrogens with zero attached hydrogens (tertiary/aromatic N) is 2. The summed E-state index contributed by atoms with van der Waals surface area (Å²) in [6.45, 7) is 4.55. The fraction of sp³-hybridized carbons (Fsp3) is 0.611. The normalized spacial score (nSPS) is 19.7. The van der Waals surface area contributed by atoms with Crippen LogP contribution in [0.1, 0.15) is 47.5 Å². The van der Waals surface area contributed by atoms with E-state index in [-0.39, 0.29) is 12.5 Å². The molecule has 2 amide bonds. The van der Waals surface area contributed by atoms with Crippen LogP contribution < -0.4 is 5.32 Å². The van der Waals surface area contributed by atoms with Gasteiger partial charge in [-0.25, -0.2) is 13.2 Å². The Morgan fingerprint density at radius 1 is 1.28 bits per heavy atom. The Morgan fingerprint density at radius 3 is 2.62 bits per heavy atom. The third-order valence-electron chi connectivity index (χ3n) is 5.15. The molecule has 1 aromatic rings. The molecule has 2 aliphatic heterocycles. The molecule has 1 unspecified atom stereocenters. The van der Waals surface area contributed by atoms with Crippen LogP contribution in [0.4, 0.5) is 5.00 Å². The summed E-state index contributed by atoms with van der Waals surface area (Å²) in [6, 6.07) is -0.798. The van der Waals surface area contributed by atoms with Crippen LogP contribution in [0.3, 0.4) is 0 Å². The predicted octanol–water partition coefficient (Wildman–Crippen LogP) is 1.19. The van der Waals surface area contributed by atoms with Crippen LogP contribution >= 0.6 is 11.3 Å². The lowest BCUT2D eigenvalue weighted by Gasteiger charge is -2.25. The number of amides is 2. The van der Waals surface area contributed by atoms with Crippen LogP contribution in [0, 0.1) is 0 Å². The minimum atomic E-state index is -3.50. The zero-order chi connectivity index (χ0) is 21.3. The number of hydrogen-bond donors (Lipinski definition) is 1. The first-order valence-corrected chi connectivity index (χ1v) is 12.1. The summed E-state index contributed by atoms with van der Waals surface area (Å²) in [5.74, 6) is -1.04. The van der Waals surface area contributed by atoms with Crippen molar-refractivity contribution >= 4 is 44.1 Å². The number of hydrogen-bond acceptors (Lipinski definition) is 7. The van der Waals surface area contributed by atoms with Gasteiger partial charge in [-0.05, 0) is 31.7 Å². The van der Waals surface area contributed by atoms with Gasteiger partial charge in [0.15, 0.2) is 0 Å². The van der Waals surface area contributed by atoms with Gasteiger partial charge in [0.2, 0.25) is 21.8 Å². The van der Waals surface area contributed by atoms with E-state index in [0.29, 0.717) is 49.5 Å². The van der Waals surface area contributed by atoms with Crippen LogP contribution in [0.2, 0.25) is 0 Å². The van der Waals surface area contributed by atoms with Gasteiger partial charge in [-0.15, -0.1) is 11.3 Å². The molecule has 29 heavy (non-hydrogen) atoms. The second kappa shape index (κ2) is 8.41. The molecule has 3 heterocycles. The van der Waals surface area contributed by atoms with Gasteiger partial charge in [-0.3, -0.25) is 9.59 Å². The van der Waals surface area contributed by atoms with E-state index in [2.05, 4.69) is 5.32 Å². The average Bonchev–Trinajstić information content (AvgIpc) is 3.25. The molecule has 1 saturated heterocycles. The largest absolute Gasteiger partial charge is 0.462 e. The third-order valence-corrected chi connectivity index (χ3v) is 7.57. The molecule has 9 nitrogen and oxygen atoms in total. The lowest BCUT2D eigenvalue weighted by Crippen LogP contribution is -2.42. The first-order chi connectivity index (χ1) is 13.6. The summed E-state index contributed by atoms with van der Waals surface area (Å²) < 4.78 is 30.3. The average molecular weight is 444 g/mol. The van der Waals surface area contributed by atoms with E-state index in [1.807, 2.05) is 0 Å². The molecule has 0 aromatic carbocycles. The summed E-state index contributed by atoms with van der Waals surface area (Å²) in [6.07, 6.45) is 2.61. The lowest BCUT2D eigenvalue weighted by atomic mass is 10.0. The zero-order valence-corrected chi connectivity index (χ0v) is 18.3. The molecule has 11 heteroatoms. The van der Waals surface area contributed by atoms with E-state index in [0.717, 1.165) is 16.7 Å². The molecule has 1 aromatic heterocycles. The van der Waals surface area contributed by atoms with Crippen molar-refractivity contribution in [2.75, 3.05) is 31.3 Å². The summed E-state index contributed by atoms with van der Waals surface area (Å²) in [5.41, 5.74) is 1.10. The number of carbonyl (C=O) groups excluding carboxylic acids is 3. The molecule has 3 rings (SSSR count). The first-order valence-electron chi connectivity index (χ1n) is 9.48. The quantitative estimate of drug-likeness (QED) is 0.684. The molecule has 1 atom stereocenters. The molecular weight excluding hydrogens is 418 g/mol. The van der Waals surface area contributed by atoms with E-state index >= 15 is 0 Å². The molecule has 0 bridgehead atoms. The lowest BCUT2D eigenvalue weighted by molar-refractivity contribution is -0.129. The summed E-state index contributed by atoms with van der Waals surface area (Å²) >= 11 is 1.24. The minimum Gasteiger partial charge on any atom is -0.462 e. The number of ether oxygens (including phenoxy) is 1. The van der Waals surface area contributed by atoms with Gasteiger partial charge in [-0.1, -0.05) is 0 Å². The van der Waals surface area contributed by atoms with Gasteiger partial charge >= 0.3 is 5.97 Å². The number of fused-ring (bicyclic) bond motifs is 1. The number of sulfonamides is 1. The van der Waals surface area contributed by atoms with E-state index < -0.39 is 27.9 Å². The van der Waals surface area contributed by atoms with E-state index in [1.54, 1.807) is 11.8 Å².